The molecule has 0 radical (unpaired) electrons. The Morgan fingerprint density at radius 1 is 1.34 bits per heavy atom. The number of halogens is 1. The summed E-state index contributed by atoms with van der Waals surface area (Å²) in [7, 11) is 0. The average Bonchev–Trinajstić information content (AvgIpc) is 3.50. The van der Waals surface area contributed by atoms with Gasteiger partial charge in [0.15, 0.2) is 0 Å². The second kappa shape index (κ2) is 10.4. The summed E-state index contributed by atoms with van der Waals surface area (Å²) >= 11 is 7.64. The molecule has 35 heavy (non-hydrogen) atoms. The van der Waals surface area contributed by atoms with E-state index in [-0.39, 0.29) is 36.8 Å². The van der Waals surface area contributed by atoms with Crippen molar-refractivity contribution in [2.45, 2.75) is 48.3 Å². The summed E-state index contributed by atoms with van der Waals surface area (Å²) in [5.74, 6) is -2.22. The number of carbonyl (C=O) groups excluding carboxylic acids is 3. The van der Waals surface area contributed by atoms with Crippen LogP contribution >= 0.6 is 23.4 Å². The molecule has 0 saturated carbocycles. The van der Waals surface area contributed by atoms with Gasteiger partial charge in [-0.15, -0.1) is 18.3 Å². The molecule has 3 heterocycles. The van der Waals surface area contributed by atoms with Crippen molar-refractivity contribution >= 4 is 46.8 Å². The van der Waals surface area contributed by atoms with Crippen LogP contribution in [0.4, 0.5) is 5.69 Å². The number of aliphatic hydroxyl groups excluding tert-OH is 1. The van der Waals surface area contributed by atoms with Gasteiger partial charge in [-0.05, 0) is 43.5 Å². The van der Waals surface area contributed by atoms with E-state index in [1.807, 2.05) is 6.92 Å². The van der Waals surface area contributed by atoms with Gasteiger partial charge in [0, 0.05) is 22.5 Å². The van der Waals surface area contributed by atoms with Gasteiger partial charge in [0.1, 0.15) is 12.6 Å². The minimum atomic E-state index is -0.820. The molecular weight excluding hydrogens is 488 g/mol. The van der Waals surface area contributed by atoms with Crippen LogP contribution < -0.4 is 4.90 Å². The lowest BCUT2D eigenvalue weighted by Gasteiger charge is -2.39. The van der Waals surface area contributed by atoms with E-state index in [0.717, 1.165) is 6.42 Å². The van der Waals surface area contributed by atoms with Gasteiger partial charge in [-0.25, -0.2) is 0 Å². The third-order valence-electron chi connectivity index (χ3n) is 7.38. The van der Waals surface area contributed by atoms with Crippen LogP contribution in [0.1, 0.15) is 26.2 Å². The number of fused-ring (bicyclic) bond motifs is 1. The zero-order valence-electron chi connectivity index (χ0n) is 19.8. The molecule has 1 aromatic rings. The number of benzene rings is 1. The highest BCUT2D eigenvalue weighted by atomic mass is 35.5. The van der Waals surface area contributed by atoms with Crippen molar-refractivity contribution in [2.24, 2.45) is 11.8 Å². The summed E-state index contributed by atoms with van der Waals surface area (Å²) in [5, 5.41) is 10.6. The molecule has 1 N–H and O–H groups in total. The van der Waals surface area contributed by atoms with E-state index in [9.17, 15) is 19.5 Å². The summed E-state index contributed by atoms with van der Waals surface area (Å²) in [5.41, 5.74) is 0.642. The molecule has 2 unspecified atom stereocenters. The Hall–Kier alpha value is -2.29. The molecule has 3 saturated heterocycles. The first kappa shape index (κ1) is 25.8. The number of ether oxygens (including phenoxy) is 1. The van der Waals surface area contributed by atoms with Crippen LogP contribution in [0.15, 0.2) is 49.6 Å². The number of amides is 2. The van der Waals surface area contributed by atoms with Crippen LogP contribution in [-0.4, -0.2) is 69.6 Å². The average molecular weight is 519 g/mol. The predicted octanol–water partition coefficient (Wildman–Crippen LogP) is 3.45. The normalized spacial score (nSPS) is 29.6. The first-order chi connectivity index (χ1) is 16.8. The van der Waals surface area contributed by atoms with Crippen molar-refractivity contribution in [2.75, 3.05) is 24.7 Å². The number of anilines is 1. The maximum atomic E-state index is 14.3. The third kappa shape index (κ3) is 4.19. The summed E-state index contributed by atoms with van der Waals surface area (Å²) in [6.45, 7) is 9.34. The SMILES string of the molecule is C=CCOC(=O)[C@@H]1[C@H]2C(=O)N([C@@H](CC)CO)C(C(=O)N(CC=C)c3ccc(Cl)cc3)C23CC[C@H]1S3. The van der Waals surface area contributed by atoms with Crippen molar-refractivity contribution < 1.29 is 24.2 Å². The molecule has 6 atom stereocenters. The summed E-state index contributed by atoms with van der Waals surface area (Å²) in [6, 6.07) is 5.60. The van der Waals surface area contributed by atoms with Gasteiger partial charge < -0.3 is 19.6 Å². The van der Waals surface area contributed by atoms with Gasteiger partial charge in [-0.3, -0.25) is 14.4 Å². The van der Waals surface area contributed by atoms with Gasteiger partial charge in [-0.2, -0.15) is 0 Å². The monoisotopic (exact) mass is 518 g/mol. The van der Waals surface area contributed by atoms with E-state index in [0.29, 0.717) is 23.6 Å². The van der Waals surface area contributed by atoms with Crippen molar-refractivity contribution in [1.29, 1.82) is 0 Å². The topological polar surface area (TPSA) is 87.1 Å². The lowest BCUT2D eigenvalue weighted by atomic mass is 9.71. The van der Waals surface area contributed by atoms with Crippen LogP contribution in [0.5, 0.6) is 0 Å². The van der Waals surface area contributed by atoms with Gasteiger partial charge in [0.05, 0.1) is 29.2 Å². The standard InChI is InChI=1S/C26H31ClN2O5S/c1-4-13-28(18-9-7-16(27)8-10-18)24(32)22-26-12-11-19(35-26)20(25(33)34-14-5-2)21(26)23(31)29(22)17(6-3)15-30/h4-5,7-10,17,19-22,30H,1-2,6,11-15H2,3H3/t17-,19+,20-,21-,22?,26?/m0/s1. The minimum absolute atomic E-state index is 0.0740. The number of carbonyl (C=O) groups is 3. The molecule has 0 aromatic heterocycles. The highest BCUT2D eigenvalue weighted by Crippen LogP contribution is 2.67. The smallest absolute Gasteiger partial charge is 0.311 e. The zero-order chi connectivity index (χ0) is 25.3. The Kier molecular flexibility index (Phi) is 7.64. The lowest BCUT2D eigenvalue weighted by Crippen LogP contribution is -2.57. The highest BCUT2D eigenvalue weighted by Gasteiger charge is 2.74. The summed E-state index contributed by atoms with van der Waals surface area (Å²) in [6.07, 6.45) is 4.98. The zero-order valence-corrected chi connectivity index (χ0v) is 21.3. The van der Waals surface area contributed by atoms with Gasteiger partial charge in [0.25, 0.3) is 5.91 Å². The maximum Gasteiger partial charge on any atom is 0.311 e. The van der Waals surface area contributed by atoms with E-state index in [1.165, 1.54) is 6.08 Å². The number of hydrogen-bond acceptors (Lipinski definition) is 6. The van der Waals surface area contributed by atoms with E-state index in [2.05, 4.69) is 13.2 Å². The van der Waals surface area contributed by atoms with Crippen molar-refractivity contribution in [3.05, 3.63) is 54.6 Å². The fraction of sp³-hybridized carbons (Fsp3) is 0.500. The Balaban J connectivity index is 1.79. The number of nitrogens with zero attached hydrogens (tertiary/aromatic N) is 2. The maximum absolute atomic E-state index is 14.3. The first-order valence-corrected chi connectivity index (χ1v) is 13.2. The molecule has 2 amide bonds. The van der Waals surface area contributed by atoms with Gasteiger partial charge >= 0.3 is 5.97 Å². The molecule has 3 aliphatic rings. The molecule has 188 valence electrons. The fourth-order valence-electron chi connectivity index (χ4n) is 5.90. The summed E-state index contributed by atoms with van der Waals surface area (Å²) in [4.78, 5) is 44.5. The van der Waals surface area contributed by atoms with E-state index in [1.54, 1.807) is 51.9 Å². The molecule has 0 aliphatic carbocycles. The summed E-state index contributed by atoms with van der Waals surface area (Å²) < 4.78 is 4.62. The quantitative estimate of drug-likeness (QED) is 0.377. The molecule has 3 fully saturated rings. The molecule has 3 aliphatic heterocycles. The van der Waals surface area contributed by atoms with Crippen molar-refractivity contribution in [3.8, 4) is 0 Å². The number of rotatable bonds is 10. The molecular formula is C26H31ClN2O5S. The minimum Gasteiger partial charge on any atom is -0.461 e. The third-order valence-corrected chi connectivity index (χ3v) is 9.58. The molecule has 1 spiro atoms. The second-order valence-electron chi connectivity index (χ2n) is 9.18. The molecule has 4 rings (SSSR count). The lowest BCUT2D eigenvalue weighted by molar-refractivity contribution is -0.153. The predicted molar refractivity (Wildman–Crippen MR) is 137 cm³/mol. The number of esters is 1. The molecule has 2 bridgehead atoms. The van der Waals surface area contributed by atoms with Crippen LogP contribution in [-0.2, 0) is 19.1 Å². The number of aliphatic hydroxyl groups is 1. The van der Waals surface area contributed by atoms with Crippen LogP contribution in [0.2, 0.25) is 5.02 Å². The van der Waals surface area contributed by atoms with Crippen LogP contribution in [0, 0.1) is 11.8 Å². The number of thioether (sulfide) groups is 1. The molecule has 9 heteroatoms. The van der Waals surface area contributed by atoms with Crippen molar-refractivity contribution in [1.82, 2.24) is 4.90 Å². The second-order valence-corrected chi connectivity index (χ2v) is 11.2. The number of likely N-dealkylation sites (tertiary alicyclic amines) is 1. The van der Waals surface area contributed by atoms with E-state index < -0.39 is 34.6 Å². The molecule has 7 nitrogen and oxygen atoms in total. The Morgan fingerprint density at radius 3 is 2.66 bits per heavy atom. The van der Waals surface area contributed by atoms with Crippen LogP contribution in [0.25, 0.3) is 0 Å². The van der Waals surface area contributed by atoms with Gasteiger partial charge in [0.2, 0.25) is 5.91 Å². The van der Waals surface area contributed by atoms with Crippen LogP contribution in [0.3, 0.4) is 0 Å². The highest BCUT2D eigenvalue weighted by molar-refractivity contribution is 8.02. The van der Waals surface area contributed by atoms with E-state index in [4.69, 9.17) is 16.3 Å². The number of hydrogen-bond donors (Lipinski definition) is 1. The first-order valence-electron chi connectivity index (χ1n) is 11.9. The Morgan fingerprint density at radius 2 is 2.06 bits per heavy atom. The van der Waals surface area contributed by atoms with E-state index >= 15 is 0 Å². The van der Waals surface area contributed by atoms with Gasteiger partial charge in [-0.1, -0.05) is 37.3 Å². The Labute approximate surface area is 215 Å². The fourth-order valence-corrected chi connectivity index (χ4v) is 8.22. The van der Waals surface area contributed by atoms with Crippen molar-refractivity contribution in [3.63, 3.8) is 0 Å². The Bertz CT molecular complexity index is 1010. The largest absolute Gasteiger partial charge is 0.461 e. The molecule has 1 aromatic carbocycles.